The van der Waals surface area contributed by atoms with Crippen molar-refractivity contribution in [3.63, 3.8) is 0 Å². The number of Topliss-reactive ketones (excluding diaryl/α,β-unsaturated/α-hetero) is 1. The first kappa shape index (κ1) is 27.9. The highest BCUT2D eigenvalue weighted by Gasteiger charge is 2.46. The first-order chi connectivity index (χ1) is 17.8. The van der Waals surface area contributed by atoms with Gasteiger partial charge in [0.15, 0.2) is 11.5 Å². The normalized spacial score (nSPS) is 16.9. The molecule has 200 valence electrons. The van der Waals surface area contributed by atoms with Crippen molar-refractivity contribution in [1.82, 2.24) is 9.80 Å². The number of ether oxygens (including phenoxy) is 4. The number of aryl methyl sites for hydroxylation is 1. The van der Waals surface area contributed by atoms with Gasteiger partial charge in [0, 0.05) is 18.7 Å². The zero-order valence-electron chi connectivity index (χ0n) is 22.6. The Kier molecular flexibility index (Phi) is 9.04. The fraction of sp³-hybridized carbons (Fsp3) is 0.429. The van der Waals surface area contributed by atoms with Gasteiger partial charge in [-0.2, -0.15) is 0 Å². The van der Waals surface area contributed by atoms with Crippen LogP contribution in [0, 0.1) is 6.92 Å². The van der Waals surface area contributed by atoms with Crippen LogP contribution in [-0.4, -0.2) is 81.2 Å². The molecule has 0 radical (unpaired) electrons. The topological polar surface area (TPSA) is 97.8 Å². The lowest BCUT2D eigenvalue weighted by atomic mass is 9.93. The molecule has 1 atom stereocenters. The minimum absolute atomic E-state index is 0.00656. The van der Waals surface area contributed by atoms with E-state index >= 15 is 0 Å². The molecule has 1 aliphatic rings. The quantitative estimate of drug-likeness (QED) is 0.276. The molecule has 2 aromatic rings. The summed E-state index contributed by atoms with van der Waals surface area (Å²) in [6.45, 7) is 8.37. The Morgan fingerprint density at radius 3 is 2.05 bits per heavy atom. The van der Waals surface area contributed by atoms with Gasteiger partial charge >= 0.3 is 0 Å². The number of carbonyl (C=O) groups excluding carboxylic acids is 2. The molecule has 9 nitrogen and oxygen atoms in total. The Labute approximate surface area is 218 Å². The predicted molar refractivity (Wildman–Crippen MR) is 141 cm³/mol. The first-order valence-electron chi connectivity index (χ1n) is 12.2. The van der Waals surface area contributed by atoms with Crippen LogP contribution in [0.25, 0.3) is 5.76 Å². The number of nitrogens with zero attached hydrogens (tertiary/aromatic N) is 2. The number of likely N-dealkylation sites (tertiary alicyclic amines) is 1. The summed E-state index contributed by atoms with van der Waals surface area (Å²) >= 11 is 0. The molecular weight excluding hydrogens is 476 g/mol. The highest BCUT2D eigenvalue weighted by Crippen LogP contribution is 2.46. The zero-order chi connectivity index (χ0) is 27.3. The van der Waals surface area contributed by atoms with Gasteiger partial charge in [0.25, 0.3) is 11.7 Å². The van der Waals surface area contributed by atoms with Crippen molar-refractivity contribution in [3.05, 3.63) is 52.6 Å². The summed E-state index contributed by atoms with van der Waals surface area (Å²) in [5.74, 6) is 0.112. The maximum atomic E-state index is 13.4. The molecule has 0 aromatic heterocycles. The van der Waals surface area contributed by atoms with E-state index in [1.165, 1.54) is 26.2 Å². The standard InChI is InChI=1S/C28H36N2O7/c1-8-29(9-2)12-13-30-24(18-15-21(35-5)27(37-7)22(16-18)36-6)23(26(32)28(30)33)25(31)20-11-10-19(34-4)14-17(20)3/h10-11,14-16,24,31H,8-9,12-13H2,1-7H3/b25-23+/t24-/m1/s1. The van der Waals surface area contributed by atoms with Gasteiger partial charge < -0.3 is 33.9 Å². The minimum Gasteiger partial charge on any atom is -0.507 e. The van der Waals surface area contributed by atoms with Crippen molar-refractivity contribution >= 4 is 17.4 Å². The summed E-state index contributed by atoms with van der Waals surface area (Å²) in [5, 5.41) is 11.5. The molecule has 2 aromatic carbocycles. The Morgan fingerprint density at radius 1 is 0.946 bits per heavy atom. The SMILES string of the molecule is CCN(CC)CCN1C(=O)C(=O)/C(=C(/O)c2ccc(OC)cc2C)[C@H]1c1cc(OC)c(OC)c(OC)c1. The monoisotopic (exact) mass is 512 g/mol. The molecule has 1 saturated heterocycles. The largest absolute Gasteiger partial charge is 0.507 e. The van der Waals surface area contributed by atoms with Gasteiger partial charge in [0.2, 0.25) is 5.75 Å². The molecule has 1 heterocycles. The van der Waals surface area contributed by atoms with E-state index in [1.54, 1.807) is 37.4 Å². The number of ketones is 1. The smallest absolute Gasteiger partial charge is 0.295 e. The van der Waals surface area contributed by atoms with E-state index in [2.05, 4.69) is 4.90 Å². The molecule has 37 heavy (non-hydrogen) atoms. The van der Waals surface area contributed by atoms with Crippen LogP contribution in [0.15, 0.2) is 35.9 Å². The van der Waals surface area contributed by atoms with Crippen LogP contribution in [0.4, 0.5) is 0 Å². The summed E-state index contributed by atoms with van der Waals surface area (Å²) in [6, 6.07) is 7.70. The third kappa shape index (κ3) is 5.36. The van der Waals surface area contributed by atoms with E-state index in [0.717, 1.165) is 13.1 Å². The van der Waals surface area contributed by atoms with E-state index in [-0.39, 0.29) is 11.3 Å². The minimum atomic E-state index is -0.856. The van der Waals surface area contributed by atoms with Gasteiger partial charge in [-0.15, -0.1) is 0 Å². The van der Waals surface area contributed by atoms with E-state index in [0.29, 0.717) is 52.8 Å². The molecule has 1 N–H and O–H groups in total. The molecule has 1 aliphatic heterocycles. The van der Waals surface area contributed by atoms with Crippen molar-refractivity contribution in [1.29, 1.82) is 0 Å². The van der Waals surface area contributed by atoms with Crippen LogP contribution in [0.2, 0.25) is 0 Å². The third-order valence-corrected chi connectivity index (χ3v) is 6.78. The summed E-state index contributed by atoms with van der Waals surface area (Å²) in [4.78, 5) is 30.4. The number of rotatable bonds is 11. The Bertz CT molecular complexity index is 1160. The highest BCUT2D eigenvalue weighted by molar-refractivity contribution is 6.46. The van der Waals surface area contributed by atoms with Crippen molar-refractivity contribution in [2.24, 2.45) is 0 Å². The Balaban J connectivity index is 2.25. The van der Waals surface area contributed by atoms with Crippen LogP contribution < -0.4 is 18.9 Å². The number of hydrogen-bond acceptors (Lipinski definition) is 8. The number of hydrogen-bond donors (Lipinski definition) is 1. The number of aliphatic hydroxyl groups is 1. The van der Waals surface area contributed by atoms with E-state index < -0.39 is 17.7 Å². The van der Waals surface area contributed by atoms with Gasteiger partial charge in [-0.25, -0.2) is 0 Å². The molecule has 3 rings (SSSR count). The van der Waals surface area contributed by atoms with Crippen molar-refractivity contribution in [3.8, 4) is 23.0 Å². The molecule has 1 amide bonds. The van der Waals surface area contributed by atoms with Gasteiger partial charge in [-0.05, 0) is 61.5 Å². The number of carbonyl (C=O) groups is 2. The summed E-state index contributed by atoms with van der Waals surface area (Å²) in [5.41, 5.74) is 1.71. The Morgan fingerprint density at radius 2 is 1.57 bits per heavy atom. The number of methoxy groups -OCH3 is 4. The number of aliphatic hydroxyl groups excluding tert-OH is 1. The molecule has 0 saturated carbocycles. The lowest BCUT2D eigenvalue weighted by Gasteiger charge is -2.29. The molecule has 0 aliphatic carbocycles. The second-order valence-electron chi connectivity index (χ2n) is 8.66. The lowest BCUT2D eigenvalue weighted by Crippen LogP contribution is -2.38. The second kappa shape index (κ2) is 12.0. The van der Waals surface area contributed by atoms with Gasteiger partial charge in [0.05, 0.1) is 40.1 Å². The number of likely N-dealkylation sites (N-methyl/N-ethyl adjacent to an activating group) is 1. The number of benzene rings is 2. The van der Waals surface area contributed by atoms with E-state index in [1.807, 2.05) is 20.8 Å². The molecule has 0 spiro atoms. The van der Waals surface area contributed by atoms with Crippen LogP contribution in [-0.2, 0) is 9.59 Å². The second-order valence-corrected chi connectivity index (χ2v) is 8.66. The summed E-state index contributed by atoms with van der Waals surface area (Å²) < 4.78 is 21.8. The Hall–Kier alpha value is -3.72. The maximum absolute atomic E-state index is 13.4. The molecule has 9 heteroatoms. The van der Waals surface area contributed by atoms with Crippen LogP contribution in [0.5, 0.6) is 23.0 Å². The highest BCUT2D eigenvalue weighted by atomic mass is 16.5. The summed E-state index contributed by atoms with van der Waals surface area (Å²) in [7, 11) is 6.06. The fourth-order valence-corrected chi connectivity index (χ4v) is 4.68. The molecule has 1 fully saturated rings. The van der Waals surface area contributed by atoms with Gasteiger partial charge in [-0.1, -0.05) is 13.8 Å². The fourth-order valence-electron chi connectivity index (χ4n) is 4.68. The van der Waals surface area contributed by atoms with E-state index in [9.17, 15) is 14.7 Å². The molecule has 0 unspecified atom stereocenters. The summed E-state index contributed by atoms with van der Waals surface area (Å²) in [6.07, 6.45) is 0. The predicted octanol–water partition coefficient (Wildman–Crippen LogP) is 3.79. The van der Waals surface area contributed by atoms with Crippen molar-refractivity contribution in [2.45, 2.75) is 26.8 Å². The average molecular weight is 513 g/mol. The first-order valence-corrected chi connectivity index (χ1v) is 12.2. The average Bonchev–Trinajstić information content (AvgIpc) is 3.17. The van der Waals surface area contributed by atoms with Crippen molar-refractivity contribution < 1.29 is 33.6 Å². The third-order valence-electron chi connectivity index (χ3n) is 6.78. The van der Waals surface area contributed by atoms with Crippen molar-refractivity contribution in [2.75, 3.05) is 54.6 Å². The molecular formula is C28H36N2O7. The molecule has 0 bridgehead atoms. The van der Waals surface area contributed by atoms with Crippen LogP contribution in [0.1, 0.15) is 36.6 Å². The van der Waals surface area contributed by atoms with Gasteiger partial charge in [-0.3, -0.25) is 9.59 Å². The van der Waals surface area contributed by atoms with E-state index in [4.69, 9.17) is 18.9 Å². The van der Waals surface area contributed by atoms with Crippen LogP contribution >= 0.6 is 0 Å². The van der Waals surface area contributed by atoms with Crippen LogP contribution in [0.3, 0.4) is 0 Å². The number of amides is 1. The van der Waals surface area contributed by atoms with Gasteiger partial charge in [0.1, 0.15) is 11.5 Å². The zero-order valence-corrected chi connectivity index (χ0v) is 22.6. The lowest BCUT2D eigenvalue weighted by molar-refractivity contribution is -0.140. The maximum Gasteiger partial charge on any atom is 0.295 e.